The molecular weight excluding hydrogens is 280 g/mol. The van der Waals surface area contributed by atoms with Crippen molar-refractivity contribution >= 4 is 23.4 Å². The van der Waals surface area contributed by atoms with Gasteiger partial charge in [-0.2, -0.15) is 0 Å². The van der Waals surface area contributed by atoms with Gasteiger partial charge in [0.2, 0.25) is 5.91 Å². The van der Waals surface area contributed by atoms with Gasteiger partial charge < -0.3 is 15.3 Å². The molecule has 1 rings (SSSR count). The number of nitrogens with one attached hydrogen (secondary N) is 1. The third-order valence-corrected chi connectivity index (χ3v) is 2.73. The molecule has 0 bridgehead atoms. The summed E-state index contributed by atoms with van der Waals surface area (Å²) in [7, 11) is 1.48. The maximum atomic E-state index is 11.5. The summed E-state index contributed by atoms with van der Waals surface area (Å²) >= 11 is 0. The van der Waals surface area contributed by atoms with Gasteiger partial charge in [0.05, 0.1) is 11.5 Å². The molecule has 1 aromatic rings. The van der Waals surface area contributed by atoms with E-state index >= 15 is 0 Å². The standard InChI is InChI=1S/C12H16N4O5/c1-3-4-15(7-11(17)13-2)10-5-8(12(18)19)9(6-14-10)16(20)21/h5-6H,3-4,7H2,1-2H3,(H,13,17)(H,18,19). The quantitative estimate of drug-likeness (QED) is 0.558. The predicted octanol–water partition coefficient (Wildman–Crippen LogP) is 0.650. The zero-order valence-electron chi connectivity index (χ0n) is 11.7. The molecule has 1 amide bonds. The third kappa shape index (κ3) is 4.13. The highest BCUT2D eigenvalue weighted by atomic mass is 16.6. The molecule has 0 aromatic carbocycles. The molecular formula is C12H16N4O5. The summed E-state index contributed by atoms with van der Waals surface area (Å²) in [6.45, 7) is 2.35. The average Bonchev–Trinajstić information content (AvgIpc) is 2.45. The van der Waals surface area contributed by atoms with Crippen molar-refractivity contribution in [3.63, 3.8) is 0 Å². The Kier molecular flexibility index (Phi) is 5.58. The number of likely N-dealkylation sites (N-methyl/N-ethyl adjacent to an activating group) is 1. The number of aromatic nitrogens is 1. The van der Waals surface area contributed by atoms with Crippen molar-refractivity contribution in [3.05, 3.63) is 27.9 Å². The van der Waals surface area contributed by atoms with Crippen LogP contribution in [0.5, 0.6) is 0 Å². The molecule has 9 nitrogen and oxygen atoms in total. The van der Waals surface area contributed by atoms with Crippen LogP contribution in [0.2, 0.25) is 0 Å². The first-order valence-electron chi connectivity index (χ1n) is 6.24. The first kappa shape index (κ1) is 16.3. The number of hydrogen-bond donors (Lipinski definition) is 2. The van der Waals surface area contributed by atoms with Crippen LogP contribution in [-0.4, -0.2) is 47.0 Å². The summed E-state index contributed by atoms with van der Waals surface area (Å²) in [6, 6.07) is 1.11. The lowest BCUT2D eigenvalue weighted by Gasteiger charge is -2.22. The van der Waals surface area contributed by atoms with Gasteiger partial charge in [-0.25, -0.2) is 9.78 Å². The number of amides is 1. The summed E-state index contributed by atoms with van der Waals surface area (Å²) < 4.78 is 0. The van der Waals surface area contributed by atoms with Crippen LogP contribution in [0, 0.1) is 10.1 Å². The molecule has 0 saturated carbocycles. The van der Waals surface area contributed by atoms with Crippen LogP contribution >= 0.6 is 0 Å². The van der Waals surface area contributed by atoms with E-state index in [1.54, 1.807) is 4.90 Å². The Bertz CT molecular complexity index is 561. The third-order valence-electron chi connectivity index (χ3n) is 2.73. The number of nitrogens with zero attached hydrogens (tertiary/aromatic N) is 3. The fraction of sp³-hybridized carbons (Fsp3) is 0.417. The minimum absolute atomic E-state index is 0.00574. The number of carbonyl (C=O) groups excluding carboxylic acids is 1. The Labute approximate surface area is 120 Å². The Morgan fingerprint density at radius 3 is 2.67 bits per heavy atom. The molecule has 1 heterocycles. The number of carboxylic acid groups (broad SMARTS) is 1. The van der Waals surface area contributed by atoms with Crippen LogP contribution in [0.4, 0.5) is 11.5 Å². The number of hydrogen-bond acceptors (Lipinski definition) is 6. The first-order chi connectivity index (χ1) is 9.90. The van der Waals surface area contributed by atoms with E-state index < -0.39 is 22.1 Å². The normalized spacial score (nSPS) is 10.0. The number of rotatable bonds is 7. The van der Waals surface area contributed by atoms with Gasteiger partial charge >= 0.3 is 11.7 Å². The molecule has 2 N–H and O–H groups in total. The van der Waals surface area contributed by atoms with Crippen LogP contribution in [0.15, 0.2) is 12.3 Å². The van der Waals surface area contributed by atoms with E-state index in [1.807, 2.05) is 6.92 Å². The van der Waals surface area contributed by atoms with Gasteiger partial charge in [0.15, 0.2) is 0 Å². The Balaban J connectivity index is 3.20. The maximum absolute atomic E-state index is 11.5. The fourth-order valence-corrected chi connectivity index (χ4v) is 1.72. The molecule has 0 saturated heterocycles. The Hall–Kier alpha value is -2.71. The highest BCUT2D eigenvalue weighted by molar-refractivity contribution is 5.93. The molecule has 0 fully saturated rings. The van der Waals surface area contributed by atoms with E-state index in [-0.39, 0.29) is 18.3 Å². The minimum atomic E-state index is -1.42. The van der Waals surface area contributed by atoms with E-state index in [1.165, 1.54) is 7.05 Å². The maximum Gasteiger partial charge on any atom is 0.342 e. The van der Waals surface area contributed by atoms with Gasteiger partial charge in [0.25, 0.3) is 0 Å². The van der Waals surface area contributed by atoms with E-state index in [0.717, 1.165) is 12.3 Å². The van der Waals surface area contributed by atoms with Crippen molar-refractivity contribution in [1.82, 2.24) is 10.3 Å². The van der Waals surface area contributed by atoms with Crippen molar-refractivity contribution in [3.8, 4) is 0 Å². The van der Waals surface area contributed by atoms with Crippen LogP contribution in [0.25, 0.3) is 0 Å². The average molecular weight is 296 g/mol. The Morgan fingerprint density at radius 1 is 1.52 bits per heavy atom. The molecule has 0 spiro atoms. The fourth-order valence-electron chi connectivity index (χ4n) is 1.72. The SMILES string of the molecule is CCCN(CC(=O)NC)c1cc(C(=O)O)c([N+](=O)[O-])cn1. The van der Waals surface area contributed by atoms with Crippen molar-refractivity contribution in [2.75, 3.05) is 25.0 Å². The molecule has 0 atom stereocenters. The molecule has 21 heavy (non-hydrogen) atoms. The van der Waals surface area contributed by atoms with Crippen LogP contribution in [-0.2, 0) is 4.79 Å². The van der Waals surface area contributed by atoms with E-state index in [4.69, 9.17) is 5.11 Å². The number of pyridine rings is 1. The van der Waals surface area contributed by atoms with Crippen molar-refractivity contribution in [2.24, 2.45) is 0 Å². The number of aromatic carboxylic acids is 1. The second kappa shape index (κ2) is 7.17. The van der Waals surface area contributed by atoms with Gasteiger partial charge in [-0.05, 0) is 6.42 Å². The largest absolute Gasteiger partial charge is 0.477 e. The topological polar surface area (TPSA) is 126 Å². The minimum Gasteiger partial charge on any atom is -0.477 e. The zero-order valence-corrected chi connectivity index (χ0v) is 11.7. The predicted molar refractivity (Wildman–Crippen MR) is 74.4 cm³/mol. The second-order valence-electron chi connectivity index (χ2n) is 4.22. The highest BCUT2D eigenvalue weighted by Crippen LogP contribution is 2.22. The van der Waals surface area contributed by atoms with Gasteiger partial charge in [-0.3, -0.25) is 14.9 Å². The van der Waals surface area contributed by atoms with E-state index in [9.17, 15) is 19.7 Å². The van der Waals surface area contributed by atoms with Crippen LogP contribution in [0.1, 0.15) is 23.7 Å². The van der Waals surface area contributed by atoms with Gasteiger partial charge in [-0.1, -0.05) is 6.92 Å². The number of anilines is 1. The summed E-state index contributed by atoms with van der Waals surface area (Å²) in [5.41, 5.74) is -1.04. The monoisotopic (exact) mass is 296 g/mol. The lowest BCUT2D eigenvalue weighted by atomic mass is 10.2. The summed E-state index contributed by atoms with van der Waals surface area (Å²) in [5, 5.41) is 22.3. The van der Waals surface area contributed by atoms with Crippen molar-refractivity contribution < 1.29 is 19.6 Å². The lowest BCUT2D eigenvalue weighted by Crippen LogP contribution is -2.36. The second-order valence-corrected chi connectivity index (χ2v) is 4.22. The number of carbonyl (C=O) groups is 2. The van der Waals surface area contributed by atoms with Crippen molar-refractivity contribution in [1.29, 1.82) is 0 Å². The lowest BCUT2D eigenvalue weighted by molar-refractivity contribution is -0.385. The van der Waals surface area contributed by atoms with Crippen LogP contribution < -0.4 is 10.2 Å². The number of carboxylic acids is 1. The highest BCUT2D eigenvalue weighted by Gasteiger charge is 2.23. The molecule has 0 aliphatic carbocycles. The molecule has 0 unspecified atom stereocenters. The molecule has 0 aliphatic rings. The van der Waals surface area contributed by atoms with Gasteiger partial charge in [0, 0.05) is 19.7 Å². The zero-order chi connectivity index (χ0) is 16.0. The molecule has 1 aromatic heterocycles. The Morgan fingerprint density at radius 2 is 2.19 bits per heavy atom. The van der Waals surface area contributed by atoms with E-state index in [0.29, 0.717) is 13.0 Å². The van der Waals surface area contributed by atoms with E-state index in [2.05, 4.69) is 10.3 Å². The van der Waals surface area contributed by atoms with Crippen LogP contribution in [0.3, 0.4) is 0 Å². The number of nitro groups is 1. The molecule has 0 radical (unpaired) electrons. The molecule has 9 heteroatoms. The van der Waals surface area contributed by atoms with Gasteiger partial charge in [-0.15, -0.1) is 0 Å². The van der Waals surface area contributed by atoms with Gasteiger partial charge in [0.1, 0.15) is 17.6 Å². The van der Waals surface area contributed by atoms with Crippen molar-refractivity contribution in [2.45, 2.75) is 13.3 Å². The molecule has 0 aliphatic heterocycles. The summed E-state index contributed by atoms with van der Waals surface area (Å²) in [5.74, 6) is -1.47. The summed E-state index contributed by atoms with van der Waals surface area (Å²) in [6.07, 6.45) is 1.60. The smallest absolute Gasteiger partial charge is 0.342 e. The summed E-state index contributed by atoms with van der Waals surface area (Å²) in [4.78, 5) is 38.0. The molecule has 114 valence electrons. The first-order valence-corrected chi connectivity index (χ1v) is 6.24.